The molecule has 0 atom stereocenters. The molecule has 0 saturated heterocycles. The predicted molar refractivity (Wildman–Crippen MR) is 91.4 cm³/mol. The van der Waals surface area contributed by atoms with Gasteiger partial charge in [0.25, 0.3) is 0 Å². The quantitative estimate of drug-likeness (QED) is 0.555. The lowest BCUT2D eigenvalue weighted by molar-refractivity contribution is 0.170. The molecule has 0 aromatic heterocycles. The predicted octanol–water partition coefficient (Wildman–Crippen LogP) is 6.54. The number of hydrogen-bond acceptors (Lipinski definition) is 0. The second-order valence-electron chi connectivity index (χ2n) is 7.62. The zero-order valence-electron chi connectivity index (χ0n) is 14.2. The van der Waals surface area contributed by atoms with Crippen molar-refractivity contribution >= 4 is 0 Å². The first-order valence-electron chi connectivity index (χ1n) is 9.17. The van der Waals surface area contributed by atoms with Crippen molar-refractivity contribution in [2.45, 2.75) is 64.2 Å². The van der Waals surface area contributed by atoms with Crippen molar-refractivity contribution in [1.29, 1.82) is 0 Å². The van der Waals surface area contributed by atoms with E-state index in [4.69, 9.17) is 0 Å². The summed E-state index contributed by atoms with van der Waals surface area (Å²) in [5, 5.41) is 0. The molecule has 0 radical (unpaired) electrons. The first-order chi connectivity index (χ1) is 11.1. The Kier molecular flexibility index (Phi) is 5.18. The van der Waals surface area contributed by atoms with E-state index in [0.717, 1.165) is 24.7 Å². The molecule has 3 rings (SSSR count). The van der Waals surface area contributed by atoms with Crippen LogP contribution in [0.2, 0.25) is 0 Å². The van der Waals surface area contributed by atoms with Gasteiger partial charge in [0.2, 0.25) is 0 Å². The van der Waals surface area contributed by atoms with Crippen LogP contribution in [0, 0.1) is 36.3 Å². The van der Waals surface area contributed by atoms with Crippen molar-refractivity contribution in [3.8, 4) is 0 Å². The highest BCUT2D eigenvalue weighted by Crippen LogP contribution is 2.44. The Morgan fingerprint density at radius 2 is 1.43 bits per heavy atom. The average Bonchev–Trinajstić information content (AvgIpc) is 2.60. The molecular weight excluding hydrogens is 290 g/mol. The van der Waals surface area contributed by atoms with Gasteiger partial charge in [0.15, 0.2) is 11.6 Å². The number of halogens is 2. The highest BCUT2D eigenvalue weighted by atomic mass is 19.2. The minimum absolute atomic E-state index is 0.200. The third kappa shape index (κ3) is 3.51. The molecule has 1 aromatic carbocycles. The van der Waals surface area contributed by atoms with Gasteiger partial charge < -0.3 is 0 Å². The van der Waals surface area contributed by atoms with Crippen LogP contribution in [0.4, 0.5) is 8.78 Å². The van der Waals surface area contributed by atoms with Gasteiger partial charge in [-0.2, -0.15) is 0 Å². The van der Waals surface area contributed by atoms with Crippen LogP contribution in [0.1, 0.15) is 68.4 Å². The summed E-state index contributed by atoms with van der Waals surface area (Å²) in [7, 11) is 0. The number of benzene rings is 1. The number of allylic oxidation sites excluding steroid dienone is 1. The van der Waals surface area contributed by atoms with Crippen LogP contribution in [0.5, 0.6) is 0 Å². The second kappa shape index (κ2) is 7.15. The van der Waals surface area contributed by atoms with Crippen molar-refractivity contribution < 1.29 is 8.78 Å². The fourth-order valence-corrected chi connectivity index (χ4v) is 4.73. The van der Waals surface area contributed by atoms with Crippen LogP contribution < -0.4 is 0 Å². The first-order valence-corrected chi connectivity index (χ1v) is 9.17. The van der Waals surface area contributed by atoms with E-state index in [9.17, 15) is 8.78 Å². The number of aryl methyl sites for hydroxylation is 1. The van der Waals surface area contributed by atoms with Gasteiger partial charge in [0.1, 0.15) is 0 Å². The summed E-state index contributed by atoms with van der Waals surface area (Å²) in [6, 6.07) is 3.52. The minimum atomic E-state index is -0.660. The van der Waals surface area contributed by atoms with E-state index in [1.54, 1.807) is 19.1 Å². The minimum Gasteiger partial charge on any atom is -0.203 e. The van der Waals surface area contributed by atoms with Crippen molar-refractivity contribution in [2.24, 2.45) is 17.8 Å². The van der Waals surface area contributed by atoms with Gasteiger partial charge in [-0.25, -0.2) is 8.78 Å². The maximum Gasteiger partial charge on any atom is 0.162 e. The van der Waals surface area contributed by atoms with Gasteiger partial charge in [-0.1, -0.05) is 18.2 Å². The van der Waals surface area contributed by atoms with Crippen molar-refractivity contribution in [3.63, 3.8) is 0 Å². The second-order valence-corrected chi connectivity index (χ2v) is 7.62. The molecule has 2 fully saturated rings. The summed E-state index contributed by atoms with van der Waals surface area (Å²) < 4.78 is 28.0. The Hall–Kier alpha value is -1.18. The molecule has 126 valence electrons. The molecule has 2 saturated carbocycles. The maximum atomic E-state index is 14.2. The van der Waals surface area contributed by atoms with Crippen molar-refractivity contribution in [1.82, 2.24) is 0 Å². The monoisotopic (exact) mass is 318 g/mol. The Bertz CT molecular complexity index is 547. The molecule has 0 aliphatic heterocycles. The number of rotatable bonds is 3. The van der Waals surface area contributed by atoms with E-state index in [-0.39, 0.29) is 5.92 Å². The number of hydrogen-bond donors (Lipinski definition) is 0. The molecule has 2 heteroatoms. The lowest BCUT2D eigenvalue weighted by atomic mass is 9.68. The molecule has 23 heavy (non-hydrogen) atoms. The lowest BCUT2D eigenvalue weighted by Crippen LogP contribution is -2.25. The first kappa shape index (κ1) is 16.7. The fourth-order valence-electron chi connectivity index (χ4n) is 4.73. The van der Waals surface area contributed by atoms with Crippen molar-refractivity contribution in [3.05, 3.63) is 47.5 Å². The molecule has 0 N–H and O–H groups in total. The lowest BCUT2D eigenvalue weighted by Gasteiger charge is -2.37. The average molecular weight is 318 g/mol. The van der Waals surface area contributed by atoms with Gasteiger partial charge in [0, 0.05) is 0 Å². The molecule has 2 aliphatic carbocycles. The third-order valence-corrected chi connectivity index (χ3v) is 6.33. The van der Waals surface area contributed by atoms with Gasteiger partial charge in [-0.05, 0) is 93.1 Å². The summed E-state index contributed by atoms with van der Waals surface area (Å²) in [5.41, 5.74) is 1.00. The molecule has 0 spiro atoms. The summed E-state index contributed by atoms with van der Waals surface area (Å²) in [5.74, 6) is 1.27. The standard InChI is InChI=1S/C21H28F2/c1-3-15-5-7-16(8-6-15)17-9-11-18(12-10-17)19-13-4-14(2)20(22)21(19)23/h3-4,13,15-18H,1,5-12H2,2H3. The van der Waals surface area contributed by atoms with Gasteiger partial charge >= 0.3 is 0 Å². The molecule has 0 bridgehead atoms. The SMILES string of the molecule is C=CC1CCC(C2CCC(c3ccc(C)c(F)c3F)CC2)CC1. The van der Waals surface area contributed by atoms with E-state index < -0.39 is 11.6 Å². The van der Waals surface area contributed by atoms with Crippen LogP contribution in [-0.4, -0.2) is 0 Å². The summed E-state index contributed by atoms with van der Waals surface area (Å²) >= 11 is 0. The topological polar surface area (TPSA) is 0 Å². The third-order valence-electron chi connectivity index (χ3n) is 6.33. The molecule has 1 aromatic rings. The smallest absolute Gasteiger partial charge is 0.162 e. The largest absolute Gasteiger partial charge is 0.203 e. The summed E-state index contributed by atoms with van der Waals surface area (Å²) in [6.07, 6.45) is 11.7. The highest BCUT2D eigenvalue weighted by Gasteiger charge is 2.31. The zero-order valence-corrected chi connectivity index (χ0v) is 14.2. The van der Waals surface area contributed by atoms with Crippen LogP contribution >= 0.6 is 0 Å². The summed E-state index contributed by atoms with van der Waals surface area (Å²) in [4.78, 5) is 0. The van der Waals surface area contributed by atoms with Crippen LogP contribution in [-0.2, 0) is 0 Å². The maximum absolute atomic E-state index is 14.2. The highest BCUT2D eigenvalue weighted by molar-refractivity contribution is 5.28. The van der Waals surface area contributed by atoms with Crippen LogP contribution in [0.3, 0.4) is 0 Å². The van der Waals surface area contributed by atoms with Gasteiger partial charge in [0.05, 0.1) is 0 Å². The molecule has 0 amide bonds. The molecule has 0 unspecified atom stereocenters. The normalized spacial score (nSPS) is 31.8. The Morgan fingerprint density at radius 3 is 2.00 bits per heavy atom. The van der Waals surface area contributed by atoms with E-state index >= 15 is 0 Å². The fraction of sp³-hybridized carbons (Fsp3) is 0.619. The van der Waals surface area contributed by atoms with E-state index in [2.05, 4.69) is 12.7 Å². The van der Waals surface area contributed by atoms with Gasteiger partial charge in [-0.15, -0.1) is 6.58 Å². The molecule has 0 heterocycles. The van der Waals surface area contributed by atoms with Gasteiger partial charge in [-0.3, -0.25) is 0 Å². The molecular formula is C21H28F2. The van der Waals surface area contributed by atoms with Crippen LogP contribution in [0.15, 0.2) is 24.8 Å². The Balaban J connectivity index is 1.59. The van der Waals surface area contributed by atoms with E-state index in [0.29, 0.717) is 17.0 Å². The van der Waals surface area contributed by atoms with Crippen molar-refractivity contribution in [2.75, 3.05) is 0 Å². The Morgan fingerprint density at radius 1 is 0.870 bits per heavy atom. The Labute approximate surface area is 139 Å². The zero-order chi connectivity index (χ0) is 16.4. The van der Waals surface area contributed by atoms with E-state index in [1.165, 1.54) is 38.5 Å². The van der Waals surface area contributed by atoms with E-state index in [1.807, 2.05) is 0 Å². The summed E-state index contributed by atoms with van der Waals surface area (Å²) in [6.45, 7) is 5.54. The van der Waals surface area contributed by atoms with Crippen LogP contribution in [0.25, 0.3) is 0 Å². The molecule has 0 nitrogen and oxygen atoms in total. The molecule has 2 aliphatic rings.